The number of rotatable bonds is 6. The summed E-state index contributed by atoms with van der Waals surface area (Å²) in [7, 11) is 1.48. The summed E-state index contributed by atoms with van der Waals surface area (Å²) in [5.41, 5.74) is 9.84. The molecular formula is C27H29F2N5O. The Bertz CT molecular complexity index is 1320. The minimum absolute atomic E-state index is 0.129. The lowest BCUT2D eigenvalue weighted by atomic mass is 9.75. The first-order chi connectivity index (χ1) is 16.9. The van der Waals surface area contributed by atoms with Gasteiger partial charge in [0.1, 0.15) is 17.5 Å². The van der Waals surface area contributed by atoms with E-state index in [1.165, 1.54) is 24.8 Å². The fourth-order valence-electron chi connectivity index (χ4n) is 5.37. The maximum Gasteiger partial charge on any atom is 0.135 e. The van der Waals surface area contributed by atoms with Crippen LogP contribution in [0.5, 0.6) is 0 Å². The molecule has 0 bridgehead atoms. The zero-order valence-corrected chi connectivity index (χ0v) is 19.9. The fourth-order valence-corrected chi connectivity index (χ4v) is 5.37. The highest BCUT2D eigenvalue weighted by Gasteiger charge is 2.27. The van der Waals surface area contributed by atoms with Crippen molar-refractivity contribution in [2.75, 3.05) is 7.11 Å². The van der Waals surface area contributed by atoms with E-state index < -0.39 is 11.6 Å². The molecule has 0 radical (unpaired) electrons. The van der Waals surface area contributed by atoms with Crippen molar-refractivity contribution in [3.05, 3.63) is 83.1 Å². The number of hydrogen-bond donors (Lipinski definition) is 1. The number of methoxy groups -OCH3 is 1. The first kappa shape index (κ1) is 23.5. The van der Waals surface area contributed by atoms with Crippen LogP contribution in [0.15, 0.2) is 48.9 Å². The summed E-state index contributed by atoms with van der Waals surface area (Å²) in [6.07, 6.45) is 9.01. The molecule has 1 aliphatic carbocycles. The summed E-state index contributed by atoms with van der Waals surface area (Å²) in [6, 6.07) is 8.21. The van der Waals surface area contributed by atoms with Crippen LogP contribution in [0.3, 0.4) is 0 Å². The van der Waals surface area contributed by atoms with Gasteiger partial charge in [0, 0.05) is 32.0 Å². The van der Waals surface area contributed by atoms with E-state index in [-0.39, 0.29) is 23.9 Å². The van der Waals surface area contributed by atoms with Gasteiger partial charge in [-0.1, -0.05) is 6.92 Å². The summed E-state index contributed by atoms with van der Waals surface area (Å²) < 4.78 is 36.3. The molecule has 3 heterocycles. The van der Waals surface area contributed by atoms with Gasteiger partial charge in [0.05, 0.1) is 29.6 Å². The van der Waals surface area contributed by atoms with Crippen LogP contribution in [-0.4, -0.2) is 32.7 Å². The number of aromatic nitrogens is 4. The molecule has 5 rings (SSSR count). The predicted molar refractivity (Wildman–Crippen MR) is 130 cm³/mol. The van der Waals surface area contributed by atoms with Gasteiger partial charge in [-0.2, -0.15) is 5.10 Å². The Hall–Kier alpha value is -3.23. The van der Waals surface area contributed by atoms with Gasteiger partial charge in [0.25, 0.3) is 0 Å². The van der Waals surface area contributed by atoms with Gasteiger partial charge in [-0.05, 0) is 78.1 Å². The van der Waals surface area contributed by atoms with Crippen LogP contribution < -0.4 is 5.73 Å². The van der Waals surface area contributed by atoms with Crippen LogP contribution in [0.2, 0.25) is 0 Å². The molecule has 8 heteroatoms. The largest absolute Gasteiger partial charge is 0.380 e. The lowest BCUT2D eigenvalue weighted by molar-refractivity contribution is 0.184. The van der Waals surface area contributed by atoms with Gasteiger partial charge < -0.3 is 10.5 Å². The molecule has 3 atom stereocenters. The average molecular weight is 478 g/mol. The molecule has 182 valence electrons. The molecule has 0 spiro atoms. The second-order valence-corrected chi connectivity index (χ2v) is 9.62. The molecule has 6 nitrogen and oxygen atoms in total. The van der Waals surface area contributed by atoms with Crippen molar-refractivity contribution < 1.29 is 13.5 Å². The number of fused-ring (bicyclic) bond motifs is 1. The van der Waals surface area contributed by atoms with Crippen molar-refractivity contribution in [3.8, 4) is 11.3 Å². The molecule has 0 saturated heterocycles. The minimum atomic E-state index is -0.678. The first-order valence-electron chi connectivity index (χ1n) is 11.9. The minimum Gasteiger partial charge on any atom is -0.380 e. The highest BCUT2D eigenvalue weighted by atomic mass is 19.1. The first-order valence-corrected chi connectivity index (χ1v) is 11.9. The maximum atomic E-state index is 14.8. The van der Waals surface area contributed by atoms with Gasteiger partial charge in [-0.15, -0.1) is 0 Å². The Morgan fingerprint density at radius 3 is 2.63 bits per heavy atom. The van der Waals surface area contributed by atoms with Gasteiger partial charge >= 0.3 is 0 Å². The zero-order valence-electron chi connectivity index (χ0n) is 19.9. The second-order valence-electron chi connectivity index (χ2n) is 9.62. The molecular weight excluding hydrogens is 448 g/mol. The van der Waals surface area contributed by atoms with Crippen LogP contribution in [0.25, 0.3) is 16.8 Å². The number of hydrogen-bond acceptors (Lipinski definition) is 5. The SMILES string of the molecule is COCc1cc(F)c(-c2ccc3cnc(Cc4cnccc4[C@@H]4C[C@H](C)C[C@H](N)C4)n3n2)c(F)c1. The van der Waals surface area contributed by atoms with Gasteiger partial charge in [-0.3, -0.25) is 4.98 Å². The summed E-state index contributed by atoms with van der Waals surface area (Å²) in [5.74, 6) is 0.267. The summed E-state index contributed by atoms with van der Waals surface area (Å²) >= 11 is 0. The summed E-state index contributed by atoms with van der Waals surface area (Å²) in [6.45, 7) is 2.38. The quantitative estimate of drug-likeness (QED) is 0.421. The van der Waals surface area contributed by atoms with E-state index in [1.54, 1.807) is 22.8 Å². The number of nitrogens with zero attached hydrogens (tertiary/aromatic N) is 4. The number of benzene rings is 1. The Labute approximate surface area is 203 Å². The molecule has 35 heavy (non-hydrogen) atoms. The van der Waals surface area contributed by atoms with Crippen LogP contribution in [-0.2, 0) is 17.8 Å². The fraction of sp³-hybridized carbons (Fsp3) is 0.370. The van der Waals surface area contributed by atoms with Crippen LogP contribution in [0.1, 0.15) is 54.6 Å². The highest BCUT2D eigenvalue weighted by Crippen LogP contribution is 2.37. The molecule has 1 aliphatic rings. The highest BCUT2D eigenvalue weighted by molar-refractivity contribution is 5.63. The van der Waals surface area contributed by atoms with E-state index in [0.717, 1.165) is 30.3 Å². The molecule has 0 aliphatic heterocycles. The van der Waals surface area contributed by atoms with Gasteiger partial charge in [-0.25, -0.2) is 18.3 Å². The normalized spacial score (nSPS) is 20.4. The van der Waals surface area contributed by atoms with E-state index in [4.69, 9.17) is 10.5 Å². The molecule has 0 amide bonds. The smallest absolute Gasteiger partial charge is 0.135 e. The predicted octanol–water partition coefficient (Wildman–Crippen LogP) is 5.04. The number of pyridine rings is 1. The topological polar surface area (TPSA) is 78.3 Å². The summed E-state index contributed by atoms with van der Waals surface area (Å²) in [4.78, 5) is 8.92. The van der Waals surface area contributed by atoms with E-state index in [0.29, 0.717) is 29.6 Å². The monoisotopic (exact) mass is 477 g/mol. The maximum absolute atomic E-state index is 14.8. The van der Waals surface area contributed by atoms with Crippen molar-refractivity contribution in [1.29, 1.82) is 0 Å². The standard InChI is InChI=1S/C27H29F2N5O/c1-16-7-18(11-20(30)8-16)22-5-6-31-13-19(22)12-26-32-14-21-3-4-25(33-34(21)26)27-23(28)9-17(15-35-2)10-24(27)29/h3-6,9-10,13-14,16,18,20H,7-8,11-12,15,30H2,1-2H3/t16-,18+,20-/m0/s1. The van der Waals surface area contributed by atoms with Crippen LogP contribution in [0, 0.1) is 17.6 Å². The Balaban J connectivity index is 1.50. The van der Waals surface area contributed by atoms with E-state index in [1.807, 2.05) is 12.4 Å². The lowest BCUT2D eigenvalue weighted by Crippen LogP contribution is -2.31. The second kappa shape index (κ2) is 9.79. The Morgan fingerprint density at radius 2 is 1.89 bits per heavy atom. The molecule has 1 saturated carbocycles. The average Bonchev–Trinajstić information content (AvgIpc) is 3.21. The van der Waals surface area contributed by atoms with E-state index in [2.05, 4.69) is 28.1 Å². The Kier molecular flexibility index (Phi) is 6.58. The zero-order chi connectivity index (χ0) is 24.5. The molecule has 2 N–H and O–H groups in total. The van der Waals surface area contributed by atoms with Crippen molar-refractivity contribution in [3.63, 3.8) is 0 Å². The molecule has 3 aromatic heterocycles. The van der Waals surface area contributed by atoms with Crippen molar-refractivity contribution in [2.45, 2.75) is 51.2 Å². The third kappa shape index (κ3) is 4.81. The number of imidazole rings is 1. The number of nitrogens with two attached hydrogens (primary N) is 1. The molecule has 1 fully saturated rings. The molecule has 4 aromatic rings. The van der Waals surface area contributed by atoms with Gasteiger partial charge in [0.2, 0.25) is 0 Å². The van der Waals surface area contributed by atoms with Crippen molar-refractivity contribution in [2.24, 2.45) is 11.7 Å². The number of ether oxygens (including phenoxy) is 1. The van der Waals surface area contributed by atoms with Crippen molar-refractivity contribution in [1.82, 2.24) is 19.6 Å². The van der Waals surface area contributed by atoms with Crippen LogP contribution >= 0.6 is 0 Å². The lowest BCUT2D eigenvalue weighted by Gasteiger charge is -2.32. The van der Waals surface area contributed by atoms with Crippen LogP contribution in [0.4, 0.5) is 8.78 Å². The van der Waals surface area contributed by atoms with E-state index in [9.17, 15) is 8.78 Å². The third-order valence-corrected chi connectivity index (χ3v) is 6.83. The Morgan fingerprint density at radius 1 is 1.09 bits per heavy atom. The van der Waals surface area contributed by atoms with Gasteiger partial charge in [0.15, 0.2) is 0 Å². The molecule has 1 aromatic carbocycles. The third-order valence-electron chi connectivity index (χ3n) is 6.83. The summed E-state index contributed by atoms with van der Waals surface area (Å²) in [5, 5.41) is 4.57. The molecule has 0 unspecified atom stereocenters. The van der Waals surface area contributed by atoms with E-state index >= 15 is 0 Å². The van der Waals surface area contributed by atoms with Crippen molar-refractivity contribution >= 4 is 5.52 Å². The number of halogens is 2.